The average Bonchev–Trinajstić information content (AvgIpc) is 2.46. The van der Waals surface area contributed by atoms with E-state index < -0.39 is 0 Å². The Labute approximate surface area is 116 Å². The maximum atomic E-state index is 13.7. The van der Waals surface area contributed by atoms with Crippen LogP contribution < -0.4 is 5.32 Å². The van der Waals surface area contributed by atoms with Gasteiger partial charge < -0.3 is 5.32 Å². The van der Waals surface area contributed by atoms with Gasteiger partial charge >= 0.3 is 0 Å². The SMILES string of the molecule is CSc1ccc(NCc2ccc(C#N)cc2F)cc1. The number of rotatable bonds is 4. The Hall–Kier alpha value is -1.99. The van der Waals surface area contributed by atoms with E-state index in [-0.39, 0.29) is 5.82 Å². The number of halogens is 1. The molecule has 0 radical (unpaired) electrons. The number of nitrogens with one attached hydrogen (secondary N) is 1. The lowest BCUT2D eigenvalue weighted by Crippen LogP contribution is -2.02. The van der Waals surface area contributed by atoms with Gasteiger partial charge in [-0.3, -0.25) is 0 Å². The van der Waals surface area contributed by atoms with E-state index >= 15 is 0 Å². The molecule has 0 amide bonds. The Morgan fingerprint density at radius 3 is 2.53 bits per heavy atom. The molecule has 0 heterocycles. The third-order valence-electron chi connectivity index (χ3n) is 2.76. The molecule has 0 aliphatic heterocycles. The van der Waals surface area contributed by atoms with Crippen LogP contribution in [0.3, 0.4) is 0 Å². The lowest BCUT2D eigenvalue weighted by atomic mass is 10.1. The fourth-order valence-corrected chi connectivity index (χ4v) is 2.07. The first-order chi connectivity index (χ1) is 9.22. The van der Waals surface area contributed by atoms with Gasteiger partial charge in [0, 0.05) is 22.7 Å². The minimum atomic E-state index is -0.354. The van der Waals surface area contributed by atoms with Crippen molar-refractivity contribution in [1.82, 2.24) is 0 Å². The molecule has 2 rings (SSSR count). The van der Waals surface area contributed by atoms with Crippen molar-refractivity contribution in [3.05, 3.63) is 59.4 Å². The lowest BCUT2D eigenvalue weighted by Gasteiger charge is -2.08. The zero-order chi connectivity index (χ0) is 13.7. The van der Waals surface area contributed by atoms with Gasteiger partial charge in [-0.15, -0.1) is 11.8 Å². The number of anilines is 1. The molecule has 0 spiro atoms. The number of thioether (sulfide) groups is 1. The standard InChI is InChI=1S/C15H13FN2S/c1-19-14-6-4-13(5-7-14)18-10-12-3-2-11(9-17)8-15(12)16/h2-8,18H,10H2,1H3. The summed E-state index contributed by atoms with van der Waals surface area (Å²) in [5, 5.41) is 11.8. The van der Waals surface area contributed by atoms with Crippen molar-refractivity contribution in [1.29, 1.82) is 5.26 Å². The van der Waals surface area contributed by atoms with Crippen molar-refractivity contribution in [3.8, 4) is 6.07 Å². The second kappa shape index (κ2) is 6.26. The molecule has 0 unspecified atom stereocenters. The van der Waals surface area contributed by atoms with Crippen LogP contribution in [0.4, 0.5) is 10.1 Å². The fraction of sp³-hybridized carbons (Fsp3) is 0.133. The summed E-state index contributed by atoms with van der Waals surface area (Å²) in [5.74, 6) is -0.354. The second-order valence-electron chi connectivity index (χ2n) is 4.00. The highest BCUT2D eigenvalue weighted by Crippen LogP contribution is 2.18. The predicted octanol–water partition coefficient (Wildman–Crippen LogP) is 4.03. The highest BCUT2D eigenvalue weighted by molar-refractivity contribution is 7.98. The second-order valence-corrected chi connectivity index (χ2v) is 4.88. The first-order valence-electron chi connectivity index (χ1n) is 5.79. The van der Waals surface area contributed by atoms with E-state index in [0.717, 1.165) is 5.69 Å². The summed E-state index contributed by atoms with van der Waals surface area (Å²) < 4.78 is 13.7. The van der Waals surface area contributed by atoms with Gasteiger partial charge in [-0.2, -0.15) is 5.26 Å². The van der Waals surface area contributed by atoms with Crippen molar-refractivity contribution >= 4 is 17.4 Å². The number of nitriles is 1. The summed E-state index contributed by atoms with van der Waals surface area (Å²) in [7, 11) is 0. The Balaban J connectivity index is 2.04. The summed E-state index contributed by atoms with van der Waals surface area (Å²) in [6.45, 7) is 0.399. The Bertz CT molecular complexity index is 603. The number of hydrogen-bond acceptors (Lipinski definition) is 3. The molecule has 0 saturated heterocycles. The maximum Gasteiger partial charge on any atom is 0.129 e. The van der Waals surface area contributed by atoms with E-state index in [1.54, 1.807) is 23.9 Å². The Kier molecular flexibility index (Phi) is 4.43. The van der Waals surface area contributed by atoms with Crippen molar-refractivity contribution < 1.29 is 4.39 Å². The van der Waals surface area contributed by atoms with E-state index in [2.05, 4.69) is 5.32 Å². The van der Waals surface area contributed by atoms with E-state index in [9.17, 15) is 4.39 Å². The maximum absolute atomic E-state index is 13.7. The topological polar surface area (TPSA) is 35.8 Å². The number of hydrogen-bond donors (Lipinski definition) is 1. The third kappa shape index (κ3) is 3.49. The highest BCUT2D eigenvalue weighted by atomic mass is 32.2. The van der Waals surface area contributed by atoms with Gasteiger partial charge in [-0.05, 0) is 42.7 Å². The Morgan fingerprint density at radius 1 is 1.21 bits per heavy atom. The fourth-order valence-electron chi connectivity index (χ4n) is 1.67. The summed E-state index contributed by atoms with van der Waals surface area (Å²) >= 11 is 1.68. The monoisotopic (exact) mass is 272 g/mol. The molecule has 0 aliphatic rings. The van der Waals surface area contributed by atoms with Crippen LogP contribution in [0, 0.1) is 17.1 Å². The van der Waals surface area contributed by atoms with Crippen molar-refractivity contribution in [2.24, 2.45) is 0 Å². The average molecular weight is 272 g/mol. The summed E-state index contributed by atoms with van der Waals surface area (Å²) in [4.78, 5) is 1.19. The van der Waals surface area contributed by atoms with Gasteiger partial charge in [0.15, 0.2) is 0 Å². The zero-order valence-electron chi connectivity index (χ0n) is 10.5. The van der Waals surface area contributed by atoms with E-state index in [0.29, 0.717) is 17.7 Å². The molecule has 96 valence electrons. The lowest BCUT2D eigenvalue weighted by molar-refractivity contribution is 0.612. The van der Waals surface area contributed by atoms with Crippen molar-refractivity contribution in [3.63, 3.8) is 0 Å². The molecule has 0 fully saturated rings. The molecule has 4 heteroatoms. The van der Waals surface area contributed by atoms with Gasteiger partial charge in [0.25, 0.3) is 0 Å². The summed E-state index contributed by atoms with van der Waals surface area (Å²) in [6, 6.07) is 14.4. The van der Waals surface area contributed by atoms with E-state index in [1.165, 1.54) is 11.0 Å². The van der Waals surface area contributed by atoms with Crippen molar-refractivity contribution in [2.75, 3.05) is 11.6 Å². The predicted molar refractivity (Wildman–Crippen MR) is 76.7 cm³/mol. The van der Waals surface area contributed by atoms with Crippen LogP contribution in [-0.4, -0.2) is 6.26 Å². The first-order valence-corrected chi connectivity index (χ1v) is 7.02. The minimum Gasteiger partial charge on any atom is -0.381 e. The Morgan fingerprint density at radius 2 is 1.95 bits per heavy atom. The summed E-state index contributed by atoms with van der Waals surface area (Å²) in [6.07, 6.45) is 2.02. The molecule has 2 aromatic rings. The van der Waals surface area contributed by atoms with Crippen LogP contribution in [0.25, 0.3) is 0 Å². The molecule has 0 aromatic heterocycles. The molecule has 1 N–H and O–H groups in total. The number of nitrogens with zero attached hydrogens (tertiary/aromatic N) is 1. The molecule has 0 atom stereocenters. The molecule has 2 nitrogen and oxygen atoms in total. The highest BCUT2D eigenvalue weighted by Gasteiger charge is 2.03. The molecule has 2 aromatic carbocycles. The zero-order valence-corrected chi connectivity index (χ0v) is 11.3. The van der Waals surface area contributed by atoms with Crippen molar-refractivity contribution in [2.45, 2.75) is 11.4 Å². The van der Waals surface area contributed by atoms with Gasteiger partial charge in [0.2, 0.25) is 0 Å². The van der Waals surface area contributed by atoms with Gasteiger partial charge in [0.05, 0.1) is 11.6 Å². The van der Waals surface area contributed by atoms with Crippen LogP contribution >= 0.6 is 11.8 Å². The molecule has 0 aliphatic carbocycles. The summed E-state index contributed by atoms with van der Waals surface area (Å²) in [5.41, 5.74) is 1.83. The first kappa shape index (κ1) is 13.4. The number of benzene rings is 2. The third-order valence-corrected chi connectivity index (χ3v) is 3.50. The van der Waals surface area contributed by atoms with Gasteiger partial charge in [-0.1, -0.05) is 6.07 Å². The van der Waals surface area contributed by atoms with Gasteiger partial charge in [0.1, 0.15) is 5.82 Å². The van der Waals surface area contributed by atoms with Crippen LogP contribution in [0.15, 0.2) is 47.4 Å². The molecule has 19 heavy (non-hydrogen) atoms. The van der Waals surface area contributed by atoms with E-state index in [1.807, 2.05) is 36.6 Å². The largest absolute Gasteiger partial charge is 0.381 e. The van der Waals surface area contributed by atoms with Crippen LogP contribution in [0.5, 0.6) is 0 Å². The van der Waals surface area contributed by atoms with E-state index in [4.69, 9.17) is 5.26 Å². The van der Waals surface area contributed by atoms with Crippen LogP contribution in [0.2, 0.25) is 0 Å². The van der Waals surface area contributed by atoms with Gasteiger partial charge in [-0.25, -0.2) is 4.39 Å². The molecule has 0 saturated carbocycles. The quantitative estimate of drug-likeness (QED) is 0.853. The normalized spacial score (nSPS) is 9.95. The van der Waals surface area contributed by atoms with Crippen LogP contribution in [-0.2, 0) is 6.54 Å². The smallest absolute Gasteiger partial charge is 0.129 e. The molecular formula is C15H13FN2S. The van der Waals surface area contributed by atoms with Crippen LogP contribution in [0.1, 0.15) is 11.1 Å². The molecule has 0 bridgehead atoms. The molecular weight excluding hydrogens is 259 g/mol. The minimum absolute atomic E-state index is 0.338.